The molecule has 0 amide bonds. The Bertz CT molecular complexity index is 254. The molecule has 4 nitrogen and oxygen atoms in total. The normalized spacial score (nSPS) is 19.3. The smallest absolute Gasteiger partial charge is 0.324 e. The summed E-state index contributed by atoms with van der Waals surface area (Å²) in [6.07, 6.45) is 4.77. The first kappa shape index (κ1) is 14.5. The van der Waals surface area contributed by atoms with E-state index in [9.17, 15) is 9.90 Å². The average molecular weight is 242 g/mol. The van der Waals surface area contributed by atoms with E-state index in [1.54, 1.807) is 6.92 Å². The molecule has 0 bridgehead atoms. The molecule has 0 aromatic rings. The molecule has 1 atom stereocenters. The van der Waals surface area contributed by atoms with Gasteiger partial charge in [0.15, 0.2) is 0 Å². The highest BCUT2D eigenvalue weighted by atomic mass is 16.4. The van der Waals surface area contributed by atoms with Crippen LogP contribution in [0.4, 0.5) is 0 Å². The van der Waals surface area contributed by atoms with E-state index in [0.29, 0.717) is 19.1 Å². The molecule has 0 aromatic heterocycles. The summed E-state index contributed by atoms with van der Waals surface area (Å²) in [4.78, 5) is 13.7. The van der Waals surface area contributed by atoms with Gasteiger partial charge in [-0.2, -0.15) is 0 Å². The zero-order valence-electron chi connectivity index (χ0n) is 11.3. The first-order valence-corrected chi connectivity index (χ1v) is 6.76. The lowest BCUT2D eigenvalue weighted by Gasteiger charge is -2.33. The highest BCUT2D eigenvalue weighted by Crippen LogP contribution is 2.28. The van der Waals surface area contributed by atoms with Crippen LogP contribution in [0.25, 0.3) is 0 Å². The van der Waals surface area contributed by atoms with Gasteiger partial charge in [0.05, 0.1) is 0 Å². The summed E-state index contributed by atoms with van der Waals surface area (Å²) in [5, 5.41) is 12.5. The molecule has 17 heavy (non-hydrogen) atoms. The first-order chi connectivity index (χ1) is 8.03. The van der Waals surface area contributed by atoms with Crippen molar-refractivity contribution in [1.29, 1.82) is 0 Å². The van der Waals surface area contributed by atoms with Crippen molar-refractivity contribution in [1.82, 2.24) is 10.2 Å². The van der Waals surface area contributed by atoms with Crippen molar-refractivity contribution in [2.24, 2.45) is 0 Å². The highest BCUT2D eigenvalue weighted by molar-refractivity contribution is 5.78. The summed E-state index contributed by atoms with van der Waals surface area (Å²) in [5.74, 6) is -0.749. The maximum atomic E-state index is 11.4. The van der Waals surface area contributed by atoms with Crippen LogP contribution in [0.5, 0.6) is 0 Å². The van der Waals surface area contributed by atoms with E-state index in [1.165, 1.54) is 12.8 Å². The van der Waals surface area contributed by atoms with Gasteiger partial charge in [-0.25, -0.2) is 0 Å². The molecule has 0 radical (unpaired) electrons. The second-order valence-electron chi connectivity index (χ2n) is 5.22. The Kier molecular flexibility index (Phi) is 5.40. The van der Waals surface area contributed by atoms with Gasteiger partial charge in [-0.05, 0) is 39.3 Å². The van der Waals surface area contributed by atoms with Gasteiger partial charge >= 0.3 is 5.97 Å². The topological polar surface area (TPSA) is 52.6 Å². The largest absolute Gasteiger partial charge is 0.480 e. The Morgan fingerprint density at radius 1 is 1.47 bits per heavy atom. The van der Waals surface area contributed by atoms with Gasteiger partial charge in [0.1, 0.15) is 5.54 Å². The summed E-state index contributed by atoms with van der Waals surface area (Å²) in [5.41, 5.74) is -0.814. The van der Waals surface area contributed by atoms with E-state index in [0.717, 1.165) is 19.4 Å². The molecule has 1 aliphatic rings. The molecule has 0 aliphatic heterocycles. The van der Waals surface area contributed by atoms with Gasteiger partial charge in [-0.1, -0.05) is 20.3 Å². The molecule has 1 saturated carbocycles. The quantitative estimate of drug-likeness (QED) is 0.646. The summed E-state index contributed by atoms with van der Waals surface area (Å²) in [6, 6.07) is 0.624. The predicted octanol–water partition coefficient (Wildman–Crippen LogP) is 1.70. The first-order valence-electron chi connectivity index (χ1n) is 6.76. The van der Waals surface area contributed by atoms with E-state index < -0.39 is 11.5 Å². The molecule has 1 rings (SSSR count). The van der Waals surface area contributed by atoms with Crippen LogP contribution in [0.2, 0.25) is 0 Å². The third kappa shape index (κ3) is 4.28. The molecule has 1 fully saturated rings. The van der Waals surface area contributed by atoms with Gasteiger partial charge < -0.3 is 10.4 Å². The minimum atomic E-state index is -0.814. The molecule has 0 spiro atoms. The SMILES string of the molecule is CCCCN(CC(C)(NCC)C(=O)O)C1CC1. The van der Waals surface area contributed by atoms with Crippen LogP contribution in [0.3, 0.4) is 0 Å². The predicted molar refractivity (Wildman–Crippen MR) is 69.2 cm³/mol. The number of nitrogens with zero attached hydrogens (tertiary/aromatic N) is 1. The number of carboxylic acid groups (broad SMARTS) is 1. The molecule has 1 aliphatic carbocycles. The lowest BCUT2D eigenvalue weighted by atomic mass is 10.0. The fraction of sp³-hybridized carbons (Fsp3) is 0.923. The molecule has 0 heterocycles. The lowest BCUT2D eigenvalue weighted by Crippen LogP contribution is -2.57. The van der Waals surface area contributed by atoms with Gasteiger partial charge in [-0.3, -0.25) is 9.69 Å². The number of carboxylic acids is 1. The maximum Gasteiger partial charge on any atom is 0.324 e. The minimum absolute atomic E-state index is 0.612. The fourth-order valence-corrected chi connectivity index (χ4v) is 2.19. The maximum absolute atomic E-state index is 11.4. The van der Waals surface area contributed by atoms with Gasteiger partial charge in [-0.15, -0.1) is 0 Å². The zero-order chi connectivity index (χ0) is 12.9. The number of rotatable bonds is 9. The van der Waals surface area contributed by atoms with E-state index in [4.69, 9.17) is 0 Å². The number of hydrogen-bond donors (Lipinski definition) is 2. The number of hydrogen-bond acceptors (Lipinski definition) is 3. The van der Waals surface area contributed by atoms with Gasteiger partial charge in [0, 0.05) is 12.6 Å². The van der Waals surface area contributed by atoms with Crippen LogP contribution < -0.4 is 5.32 Å². The van der Waals surface area contributed by atoms with E-state index in [-0.39, 0.29) is 0 Å². The standard InChI is InChI=1S/C13H26N2O2/c1-4-6-9-15(11-7-8-11)10-13(3,12(16)17)14-5-2/h11,14H,4-10H2,1-3H3,(H,16,17). The molecular formula is C13H26N2O2. The molecule has 4 heteroatoms. The lowest BCUT2D eigenvalue weighted by molar-refractivity contribution is -0.145. The van der Waals surface area contributed by atoms with Crippen molar-refractivity contribution < 1.29 is 9.90 Å². The van der Waals surface area contributed by atoms with Crippen LogP contribution in [-0.4, -0.2) is 47.2 Å². The third-order valence-electron chi connectivity index (χ3n) is 3.42. The molecular weight excluding hydrogens is 216 g/mol. The van der Waals surface area contributed by atoms with Gasteiger partial charge in [0.25, 0.3) is 0 Å². The van der Waals surface area contributed by atoms with Crippen molar-refractivity contribution >= 4 is 5.97 Å². The van der Waals surface area contributed by atoms with Crippen LogP contribution in [-0.2, 0) is 4.79 Å². The second-order valence-corrected chi connectivity index (χ2v) is 5.22. The Morgan fingerprint density at radius 3 is 2.53 bits per heavy atom. The van der Waals surface area contributed by atoms with Crippen LogP contribution in [0.15, 0.2) is 0 Å². The van der Waals surface area contributed by atoms with Gasteiger partial charge in [0.2, 0.25) is 0 Å². The molecule has 2 N–H and O–H groups in total. The number of aliphatic carboxylic acids is 1. The number of unbranched alkanes of at least 4 members (excludes halogenated alkanes) is 1. The van der Waals surface area contributed by atoms with E-state index >= 15 is 0 Å². The second kappa shape index (κ2) is 6.36. The molecule has 100 valence electrons. The molecule has 0 aromatic carbocycles. The van der Waals surface area contributed by atoms with E-state index in [2.05, 4.69) is 17.1 Å². The highest BCUT2D eigenvalue weighted by Gasteiger charge is 2.38. The van der Waals surface area contributed by atoms with Crippen molar-refractivity contribution in [2.45, 2.75) is 58.0 Å². The summed E-state index contributed by atoms with van der Waals surface area (Å²) in [6.45, 7) is 8.24. The monoisotopic (exact) mass is 242 g/mol. The average Bonchev–Trinajstić information content (AvgIpc) is 3.08. The van der Waals surface area contributed by atoms with Crippen molar-refractivity contribution in [3.05, 3.63) is 0 Å². The zero-order valence-corrected chi connectivity index (χ0v) is 11.3. The summed E-state index contributed by atoms with van der Waals surface area (Å²) in [7, 11) is 0. The Balaban J connectivity index is 2.58. The fourth-order valence-electron chi connectivity index (χ4n) is 2.19. The van der Waals surface area contributed by atoms with Crippen LogP contribution in [0, 0.1) is 0 Å². The Labute approximate surface area is 104 Å². The Morgan fingerprint density at radius 2 is 2.12 bits per heavy atom. The number of carbonyl (C=O) groups is 1. The van der Waals surface area contributed by atoms with Crippen molar-refractivity contribution in [3.8, 4) is 0 Å². The van der Waals surface area contributed by atoms with E-state index in [1.807, 2.05) is 6.92 Å². The Hall–Kier alpha value is -0.610. The van der Waals surface area contributed by atoms with Crippen LogP contribution in [0.1, 0.15) is 46.5 Å². The number of nitrogens with one attached hydrogen (secondary N) is 1. The van der Waals surface area contributed by atoms with Crippen molar-refractivity contribution in [2.75, 3.05) is 19.6 Å². The third-order valence-corrected chi connectivity index (χ3v) is 3.42. The van der Waals surface area contributed by atoms with Crippen molar-refractivity contribution in [3.63, 3.8) is 0 Å². The molecule has 1 unspecified atom stereocenters. The van der Waals surface area contributed by atoms with Crippen LogP contribution >= 0.6 is 0 Å². The minimum Gasteiger partial charge on any atom is -0.480 e. The summed E-state index contributed by atoms with van der Waals surface area (Å²) >= 11 is 0. The number of likely N-dealkylation sites (N-methyl/N-ethyl adjacent to an activating group) is 1. The molecule has 0 saturated heterocycles. The summed E-state index contributed by atoms with van der Waals surface area (Å²) < 4.78 is 0.